The molecule has 146 valence electrons. The van der Waals surface area contributed by atoms with Crippen LogP contribution in [0.4, 0.5) is 8.78 Å². The van der Waals surface area contributed by atoms with Gasteiger partial charge >= 0.3 is 0 Å². The van der Waals surface area contributed by atoms with Crippen LogP contribution < -0.4 is 4.74 Å². The first-order valence-corrected chi connectivity index (χ1v) is 8.83. The average Bonchev–Trinajstić information content (AvgIpc) is 3.32. The van der Waals surface area contributed by atoms with Gasteiger partial charge in [0.05, 0.1) is 6.61 Å². The molecule has 28 heavy (non-hydrogen) atoms. The highest BCUT2D eigenvalue weighted by Crippen LogP contribution is 2.37. The molecule has 3 aromatic rings. The highest BCUT2D eigenvalue weighted by atomic mass is 19.1. The minimum absolute atomic E-state index is 0.0661. The predicted octanol–water partition coefficient (Wildman–Crippen LogP) is 3.21. The molecule has 1 saturated heterocycles. The van der Waals surface area contributed by atoms with E-state index in [0.717, 1.165) is 11.6 Å². The Kier molecular flexibility index (Phi) is 5.06. The van der Waals surface area contributed by atoms with Gasteiger partial charge in [0.25, 0.3) is 0 Å². The van der Waals surface area contributed by atoms with Crippen molar-refractivity contribution in [2.45, 2.75) is 25.4 Å². The zero-order chi connectivity index (χ0) is 19.6. The molecule has 1 unspecified atom stereocenters. The van der Waals surface area contributed by atoms with Crippen LogP contribution in [-0.4, -0.2) is 34.1 Å². The lowest BCUT2D eigenvalue weighted by Crippen LogP contribution is -2.35. The summed E-state index contributed by atoms with van der Waals surface area (Å²) in [5.74, 6) is -2.17. The molecule has 1 fully saturated rings. The van der Waals surface area contributed by atoms with E-state index in [1.165, 1.54) is 29.5 Å². The molecule has 0 amide bonds. The summed E-state index contributed by atoms with van der Waals surface area (Å²) in [7, 11) is 0. The fraction of sp³-hybridized carbons (Fsp3) is 0.300. The minimum atomic E-state index is -1.45. The number of hydrogen-bond donors (Lipinski definition) is 0. The van der Waals surface area contributed by atoms with Gasteiger partial charge in [-0.25, -0.2) is 18.4 Å². The SMILES string of the molecule is Cc1ccc(OC[C@H]2COC(Cn3cncn3)(c3ccc(F)cc3F)O2)cc1. The van der Waals surface area contributed by atoms with E-state index in [1.807, 2.05) is 31.2 Å². The number of aromatic nitrogens is 3. The molecule has 1 aliphatic rings. The maximum absolute atomic E-state index is 14.5. The highest BCUT2D eigenvalue weighted by molar-refractivity contribution is 5.27. The first-order chi connectivity index (χ1) is 13.5. The predicted molar refractivity (Wildman–Crippen MR) is 95.6 cm³/mol. The van der Waals surface area contributed by atoms with E-state index >= 15 is 0 Å². The number of hydrogen-bond acceptors (Lipinski definition) is 5. The van der Waals surface area contributed by atoms with Gasteiger partial charge < -0.3 is 14.2 Å². The molecule has 8 heteroatoms. The summed E-state index contributed by atoms with van der Waals surface area (Å²) in [6, 6.07) is 10.9. The quantitative estimate of drug-likeness (QED) is 0.650. The lowest BCUT2D eigenvalue weighted by atomic mass is 10.0. The summed E-state index contributed by atoms with van der Waals surface area (Å²) < 4.78 is 47.1. The number of benzene rings is 2. The second-order valence-corrected chi connectivity index (χ2v) is 6.65. The molecule has 0 saturated carbocycles. The normalized spacial score (nSPS) is 21.8. The summed E-state index contributed by atoms with van der Waals surface area (Å²) in [6.45, 7) is 2.48. The Bertz CT molecular complexity index is 934. The van der Waals surface area contributed by atoms with Gasteiger partial charge in [0, 0.05) is 11.6 Å². The lowest BCUT2D eigenvalue weighted by Gasteiger charge is -2.28. The van der Waals surface area contributed by atoms with Crippen molar-refractivity contribution in [2.75, 3.05) is 13.2 Å². The van der Waals surface area contributed by atoms with Gasteiger partial charge in [0.15, 0.2) is 0 Å². The molecule has 1 aliphatic heterocycles. The van der Waals surface area contributed by atoms with Crippen molar-refractivity contribution >= 4 is 0 Å². The third kappa shape index (κ3) is 3.88. The summed E-state index contributed by atoms with van der Waals surface area (Å²) in [4.78, 5) is 3.89. The number of rotatable bonds is 6. The smallest absolute Gasteiger partial charge is 0.218 e. The van der Waals surface area contributed by atoms with Gasteiger partial charge in [-0.3, -0.25) is 0 Å². The van der Waals surface area contributed by atoms with Crippen molar-refractivity contribution in [1.82, 2.24) is 14.8 Å². The van der Waals surface area contributed by atoms with Gasteiger partial charge in [-0.15, -0.1) is 0 Å². The van der Waals surface area contributed by atoms with E-state index in [9.17, 15) is 8.78 Å². The van der Waals surface area contributed by atoms with Crippen LogP contribution in [0.5, 0.6) is 5.75 Å². The Morgan fingerprint density at radius 2 is 2.04 bits per heavy atom. The molecule has 0 bridgehead atoms. The Morgan fingerprint density at radius 1 is 1.21 bits per heavy atom. The first-order valence-electron chi connectivity index (χ1n) is 8.83. The number of aryl methyl sites for hydroxylation is 1. The van der Waals surface area contributed by atoms with Crippen molar-refractivity contribution < 1.29 is 23.0 Å². The number of nitrogens with zero attached hydrogens (tertiary/aromatic N) is 3. The van der Waals surface area contributed by atoms with Crippen molar-refractivity contribution in [3.05, 3.63) is 77.9 Å². The van der Waals surface area contributed by atoms with Gasteiger partial charge in [-0.05, 0) is 31.2 Å². The van der Waals surface area contributed by atoms with E-state index in [1.54, 1.807) is 0 Å². The van der Waals surface area contributed by atoms with Crippen LogP contribution in [0.1, 0.15) is 11.1 Å². The summed E-state index contributed by atoms with van der Waals surface area (Å²) >= 11 is 0. The molecular formula is C20H19F2N3O3. The monoisotopic (exact) mass is 387 g/mol. The fourth-order valence-corrected chi connectivity index (χ4v) is 3.11. The standard InChI is InChI=1S/C20H19F2N3O3/c1-14-2-5-16(6-3-14)26-9-17-10-27-20(28-17,11-25-13-23-12-24-25)18-7-4-15(21)8-19(18)22/h2-8,12-13,17H,9-11H2,1H3/t17-,20?/m0/s1. The average molecular weight is 387 g/mol. The van der Waals surface area contributed by atoms with Crippen LogP contribution in [0, 0.1) is 18.6 Å². The summed E-state index contributed by atoms with van der Waals surface area (Å²) in [5.41, 5.74) is 1.23. The summed E-state index contributed by atoms with van der Waals surface area (Å²) in [6.07, 6.45) is 2.41. The van der Waals surface area contributed by atoms with E-state index in [0.29, 0.717) is 5.75 Å². The van der Waals surface area contributed by atoms with E-state index in [2.05, 4.69) is 10.1 Å². The molecule has 2 aromatic carbocycles. The second-order valence-electron chi connectivity index (χ2n) is 6.65. The Balaban J connectivity index is 1.54. The van der Waals surface area contributed by atoms with Crippen LogP contribution in [0.3, 0.4) is 0 Å². The Labute approximate surface area is 160 Å². The van der Waals surface area contributed by atoms with Crippen LogP contribution in [-0.2, 0) is 21.8 Å². The van der Waals surface area contributed by atoms with Gasteiger partial charge in [0.1, 0.15) is 49.3 Å². The highest BCUT2D eigenvalue weighted by Gasteiger charge is 2.46. The third-order valence-electron chi connectivity index (χ3n) is 4.49. The van der Waals surface area contributed by atoms with Crippen LogP contribution in [0.25, 0.3) is 0 Å². The van der Waals surface area contributed by atoms with Crippen LogP contribution in [0.2, 0.25) is 0 Å². The minimum Gasteiger partial charge on any atom is -0.491 e. The zero-order valence-electron chi connectivity index (χ0n) is 15.2. The van der Waals surface area contributed by atoms with Crippen LogP contribution in [0.15, 0.2) is 55.1 Å². The molecule has 0 aliphatic carbocycles. The molecule has 0 spiro atoms. The molecule has 0 N–H and O–H groups in total. The Hall–Kier alpha value is -2.84. The van der Waals surface area contributed by atoms with E-state index < -0.39 is 23.5 Å². The van der Waals surface area contributed by atoms with Crippen molar-refractivity contribution in [3.8, 4) is 5.75 Å². The van der Waals surface area contributed by atoms with Crippen molar-refractivity contribution in [2.24, 2.45) is 0 Å². The molecular weight excluding hydrogens is 368 g/mol. The molecule has 4 rings (SSSR count). The van der Waals surface area contributed by atoms with Crippen molar-refractivity contribution in [1.29, 1.82) is 0 Å². The first kappa shape index (κ1) is 18.5. The molecule has 0 radical (unpaired) electrons. The Morgan fingerprint density at radius 3 is 2.75 bits per heavy atom. The third-order valence-corrected chi connectivity index (χ3v) is 4.49. The topological polar surface area (TPSA) is 58.4 Å². The second kappa shape index (κ2) is 7.65. The van der Waals surface area contributed by atoms with Gasteiger partial charge in [0.2, 0.25) is 5.79 Å². The van der Waals surface area contributed by atoms with Gasteiger partial charge in [-0.2, -0.15) is 5.10 Å². The zero-order valence-corrected chi connectivity index (χ0v) is 15.2. The maximum atomic E-state index is 14.5. The largest absolute Gasteiger partial charge is 0.491 e. The van der Waals surface area contributed by atoms with E-state index in [-0.39, 0.29) is 25.3 Å². The lowest BCUT2D eigenvalue weighted by molar-refractivity contribution is -0.192. The van der Waals surface area contributed by atoms with Crippen molar-refractivity contribution in [3.63, 3.8) is 0 Å². The molecule has 2 heterocycles. The maximum Gasteiger partial charge on any atom is 0.218 e. The number of halogens is 2. The number of ether oxygens (including phenoxy) is 3. The van der Waals surface area contributed by atoms with E-state index in [4.69, 9.17) is 14.2 Å². The molecule has 1 aromatic heterocycles. The fourth-order valence-electron chi connectivity index (χ4n) is 3.11. The van der Waals surface area contributed by atoms with Crippen LogP contribution >= 0.6 is 0 Å². The molecule has 2 atom stereocenters. The molecule has 6 nitrogen and oxygen atoms in total. The van der Waals surface area contributed by atoms with Gasteiger partial charge in [-0.1, -0.05) is 17.7 Å². The summed E-state index contributed by atoms with van der Waals surface area (Å²) in [5, 5.41) is 4.04.